The summed E-state index contributed by atoms with van der Waals surface area (Å²) >= 11 is 8.64. The molecule has 0 saturated carbocycles. The predicted octanol–water partition coefficient (Wildman–Crippen LogP) is 3.02. The number of hydrogen-bond acceptors (Lipinski definition) is 4. The van der Waals surface area contributed by atoms with E-state index in [1.165, 1.54) is 18.3 Å². The lowest BCUT2D eigenvalue weighted by Gasteiger charge is -2.10. The van der Waals surface area contributed by atoms with Gasteiger partial charge in [0.2, 0.25) is 0 Å². The standard InChI is InChI=1S/C11H8BrClFN3O2S/c12-7-3-8(14)9(15)4-10(7)20(18,19)17-11-2-1-6(13)5-16-11/h1-5H,15H2,(H,16,17). The first-order valence-electron chi connectivity index (χ1n) is 5.18. The second-order valence-corrected chi connectivity index (χ2v) is 6.71. The van der Waals surface area contributed by atoms with Crippen LogP contribution in [-0.2, 0) is 10.0 Å². The van der Waals surface area contributed by atoms with Crippen LogP contribution in [-0.4, -0.2) is 13.4 Å². The van der Waals surface area contributed by atoms with E-state index in [4.69, 9.17) is 17.3 Å². The molecule has 1 aromatic heterocycles. The summed E-state index contributed by atoms with van der Waals surface area (Å²) in [5.41, 5.74) is 5.11. The van der Waals surface area contributed by atoms with E-state index in [-0.39, 0.29) is 20.9 Å². The molecule has 0 bridgehead atoms. The molecule has 1 aromatic carbocycles. The first kappa shape index (κ1) is 15.0. The van der Waals surface area contributed by atoms with Crippen LogP contribution in [0.3, 0.4) is 0 Å². The molecule has 20 heavy (non-hydrogen) atoms. The summed E-state index contributed by atoms with van der Waals surface area (Å²) in [5, 5.41) is 0.375. The van der Waals surface area contributed by atoms with Crippen LogP contribution >= 0.6 is 27.5 Å². The van der Waals surface area contributed by atoms with E-state index in [2.05, 4.69) is 25.6 Å². The molecule has 5 nitrogen and oxygen atoms in total. The Morgan fingerprint density at radius 2 is 2.05 bits per heavy atom. The number of nitrogens with zero attached hydrogens (tertiary/aromatic N) is 1. The molecular formula is C11H8BrClFN3O2S. The fourth-order valence-electron chi connectivity index (χ4n) is 1.38. The monoisotopic (exact) mass is 379 g/mol. The summed E-state index contributed by atoms with van der Waals surface area (Å²) in [4.78, 5) is 3.63. The van der Waals surface area contributed by atoms with Crippen molar-refractivity contribution in [3.05, 3.63) is 45.8 Å². The number of nitrogen functional groups attached to an aromatic ring is 1. The fourth-order valence-corrected chi connectivity index (χ4v) is 3.55. The first-order valence-corrected chi connectivity index (χ1v) is 7.84. The highest BCUT2D eigenvalue weighted by atomic mass is 79.9. The molecule has 0 radical (unpaired) electrons. The van der Waals surface area contributed by atoms with Gasteiger partial charge in [0.25, 0.3) is 10.0 Å². The van der Waals surface area contributed by atoms with Gasteiger partial charge in [-0.25, -0.2) is 17.8 Å². The normalized spacial score (nSPS) is 11.3. The zero-order valence-electron chi connectivity index (χ0n) is 9.77. The molecule has 0 saturated heterocycles. The van der Waals surface area contributed by atoms with E-state index in [0.29, 0.717) is 5.02 Å². The van der Waals surface area contributed by atoms with Crippen LogP contribution in [0.2, 0.25) is 5.02 Å². The minimum atomic E-state index is -3.95. The third kappa shape index (κ3) is 3.20. The summed E-state index contributed by atoms with van der Waals surface area (Å²) in [7, 11) is -3.95. The predicted molar refractivity (Wildman–Crippen MR) is 78.6 cm³/mol. The molecule has 0 amide bonds. The number of sulfonamides is 1. The van der Waals surface area contributed by atoms with Crippen molar-refractivity contribution in [2.75, 3.05) is 10.5 Å². The van der Waals surface area contributed by atoms with Crippen LogP contribution in [0.15, 0.2) is 39.8 Å². The molecule has 0 aliphatic carbocycles. The van der Waals surface area contributed by atoms with Gasteiger partial charge in [0.1, 0.15) is 16.5 Å². The molecule has 9 heteroatoms. The third-order valence-electron chi connectivity index (χ3n) is 2.31. The maximum absolute atomic E-state index is 13.2. The third-order valence-corrected chi connectivity index (χ3v) is 4.84. The van der Waals surface area contributed by atoms with Crippen molar-refractivity contribution in [1.82, 2.24) is 4.98 Å². The van der Waals surface area contributed by atoms with Crippen LogP contribution in [0, 0.1) is 5.82 Å². The number of nitrogens with one attached hydrogen (secondary N) is 1. The largest absolute Gasteiger partial charge is 0.396 e. The van der Waals surface area contributed by atoms with Gasteiger partial charge >= 0.3 is 0 Å². The van der Waals surface area contributed by atoms with Gasteiger partial charge in [-0.3, -0.25) is 4.72 Å². The van der Waals surface area contributed by atoms with Crippen molar-refractivity contribution in [2.45, 2.75) is 4.90 Å². The lowest BCUT2D eigenvalue weighted by Crippen LogP contribution is -2.15. The van der Waals surface area contributed by atoms with Gasteiger partial charge in [-0.05, 0) is 40.2 Å². The number of rotatable bonds is 3. The van der Waals surface area contributed by atoms with Gasteiger partial charge in [0.15, 0.2) is 0 Å². The highest BCUT2D eigenvalue weighted by molar-refractivity contribution is 9.10. The maximum Gasteiger partial charge on any atom is 0.264 e. The first-order chi connectivity index (χ1) is 9.29. The Bertz CT molecular complexity index is 753. The van der Waals surface area contributed by atoms with E-state index in [1.54, 1.807) is 0 Å². The molecule has 0 unspecified atom stereocenters. The van der Waals surface area contributed by atoms with Crippen LogP contribution < -0.4 is 10.5 Å². The Hall–Kier alpha value is -1.38. The van der Waals surface area contributed by atoms with Crippen molar-refractivity contribution in [3.63, 3.8) is 0 Å². The van der Waals surface area contributed by atoms with Gasteiger partial charge < -0.3 is 5.73 Å². The van der Waals surface area contributed by atoms with E-state index in [1.807, 2.05) is 0 Å². The van der Waals surface area contributed by atoms with E-state index in [0.717, 1.165) is 12.1 Å². The topological polar surface area (TPSA) is 85.1 Å². The molecule has 106 valence electrons. The molecule has 2 rings (SSSR count). The molecular weight excluding hydrogens is 373 g/mol. The lowest BCUT2D eigenvalue weighted by molar-refractivity contribution is 0.599. The Kier molecular flexibility index (Phi) is 4.17. The summed E-state index contributed by atoms with van der Waals surface area (Å²) < 4.78 is 39.9. The van der Waals surface area contributed by atoms with Crippen LogP contribution in [0.4, 0.5) is 15.9 Å². The van der Waals surface area contributed by atoms with Gasteiger partial charge in [-0.15, -0.1) is 0 Å². The quantitative estimate of drug-likeness (QED) is 0.802. The van der Waals surface area contributed by atoms with E-state index >= 15 is 0 Å². The number of hydrogen-bond donors (Lipinski definition) is 2. The minimum absolute atomic E-state index is 0.0608. The molecule has 0 fully saturated rings. The fraction of sp³-hybridized carbons (Fsp3) is 0. The average Bonchev–Trinajstić information content (AvgIpc) is 2.36. The zero-order valence-corrected chi connectivity index (χ0v) is 12.9. The zero-order chi connectivity index (χ0) is 14.9. The Morgan fingerprint density at radius 3 is 2.65 bits per heavy atom. The number of anilines is 2. The SMILES string of the molecule is Nc1cc(S(=O)(=O)Nc2ccc(Cl)cn2)c(Br)cc1F. The Balaban J connectivity index is 2.40. The molecule has 0 spiro atoms. The van der Waals surface area contributed by atoms with E-state index in [9.17, 15) is 12.8 Å². The second kappa shape index (κ2) is 5.55. The molecule has 0 aliphatic rings. The van der Waals surface area contributed by atoms with Crippen LogP contribution in [0.5, 0.6) is 0 Å². The number of benzene rings is 1. The minimum Gasteiger partial charge on any atom is -0.396 e. The van der Waals surface area contributed by atoms with Gasteiger partial charge in [0.05, 0.1) is 10.7 Å². The maximum atomic E-state index is 13.2. The number of nitrogens with two attached hydrogens (primary N) is 1. The summed E-state index contributed by atoms with van der Waals surface area (Å²) in [6, 6.07) is 4.90. The molecule has 0 aliphatic heterocycles. The Morgan fingerprint density at radius 1 is 1.35 bits per heavy atom. The highest BCUT2D eigenvalue weighted by Gasteiger charge is 2.20. The van der Waals surface area contributed by atoms with E-state index < -0.39 is 15.8 Å². The molecule has 2 aromatic rings. The molecule has 3 N–H and O–H groups in total. The number of pyridine rings is 1. The van der Waals surface area contributed by atoms with Crippen molar-refractivity contribution in [1.29, 1.82) is 0 Å². The van der Waals surface area contributed by atoms with Crippen molar-refractivity contribution in [2.24, 2.45) is 0 Å². The van der Waals surface area contributed by atoms with Gasteiger partial charge in [0, 0.05) is 10.7 Å². The van der Waals surface area contributed by atoms with Crippen LogP contribution in [0.1, 0.15) is 0 Å². The number of halogens is 3. The van der Waals surface area contributed by atoms with Gasteiger partial charge in [-0.2, -0.15) is 0 Å². The molecule has 1 heterocycles. The average molecular weight is 381 g/mol. The van der Waals surface area contributed by atoms with Crippen molar-refractivity contribution >= 4 is 49.1 Å². The Labute approximate surface area is 128 Å². The molecule has 0 atom stereocenters. The van der Waals surface area contributed by atoms with Gasteiger partial charge in [-0.1, -0.05) is 11.6 Å². The lowest BCUT2D eigenvalue weighted by atomic mass is 10.3. The summed E-state index contributed by atoms with van der Waals surface area (Å²) in [6.45, 7) is 0. The second-order valence-electron chi connectivity index (χ2n) is 3.77. The summed E-state index contributed by atoms with van der Waals surface area (Å²) in [5.74, 6) is -0.621. The van der Waals surface area contributed by atoms with Crippen molar-refractivity contribution in [3.8, 4) is 0 Å². The highest BCUT2D eigenvalue weighted by Crippen LogP contribution is 2.28. The van der Waals surface area contributed by atoms with Crippen LogP contribution in [0.25, 0.3) is 0 Å². The number of aromatic nitrogens is 1. The van der Waals surface area contributed by atoms with Crippen molar-refractivity contribution < 1.29 is 12.8 Å². The summed E-state index contributed by atoms with van der Waals surface area (Å²) in [6.07, 6.45) is 1.30. The smallest absolute Gasteiger partial charge is 0.264 e.